The Kier molecular flexibility index (Phi) is 3.76. The number of aromatic nitrogens is 1. The van der Waals surface area contributed by atoms with Crippen LogP contribution in [0.5, 0.6) is 5.75 Å². The van der Waals surface area contributed by atoms with E-state index in [4.69, 9.17) is 10.5 Å². The third-order valence-electron chi connectivity index (χ3n) is 3.00. The number of aromatic amines is 1. The second-order valence-electron chi connectivity index (χ2n) is 4.72. The molecule has 5 nitrogen and oxygen atoms in total. The molecule has 0 bridgehead atoms. The molecule has 0 aliphatic carbocycles. The number of carbonyl (C=O) groups is 1. The Bertz CT molecular complexity index is 602. The van der Waals surface area contributed by atoms with E-state index < -0.39 is 0 Å². The molecular formula is C14H19N3O2. The number of aryl methyl sites for hydroxylation is 1. The first-order chi connectivity index (χ1) is 9.02. The summed E-state index contributed by atoms with van der Waals surface area (Å²) < 4.78 is 5.17. The van der Waals surface area contributed by atoms with Gasteiger partial charge in [0, 0.05) is 29.7 Å². The van der Waals surface area contributed by atoms with Crippen LogP contribution in [0.2, 0.25) is 0 Å². The van der Waals surface area contributed by atoms with Crippen LogP contribution in [0.3, 0.4) is 0 Å². The highest BCUT2D eigenvalue weighted by molar-refractivity contribution is 6.08. The molecule has 1 unspecified atom stereocenters. The molecular weight excluding hydrogens is 242 g/mol. The number of amides is 1. The van der Waals surface area contributed by atoms with Gasteiger partial charge in [0.15, 0.2) is 0 Å². The Morgan fingerprint density at radius 2 is 2.26 bits per heavy atom. The zero-order chi connectivity index (χ0) is 14.0. The molecule has 1 atom stereocenters. The van der Waals surface area contributed by atoms with Gasteiger partial charge in [0.25, 0.3) is 5.91 Å². The van der Waals surface area contributed by atoms with E-state index in [-0.39, 0.29) is 11.9 Å². The number of nitrogens with one attached hydrogen (secondary N) is 2. The molecule has 0 radical (unpaired) electrons. The van der Waals surface area contributed by atoms with Gasteiger partial charge in [-0.3, -0.25) is 4.79 Å². The summed E-state index contributed by atoms with van der Waals surface area (Å²) in [5.74, 6) is 0.655. The van der Waals surface area contributed by atoms with Gasteiger partial charge in [0.05, 0.1) is 18.2 Å². The standard InChI is InChI=1S/C14H19N3O2/c1-8(15)7-16-14(18)13-9(2)17-12-6-10(19-3)4-5-11(12)13/h4-6,8,17H,7,15H2,1-3H3,(H,16,18). The summed E-state index contributed by atoms with van der Waals surface area (Å²) in [6.45, 7) is 4.20. The van der Waals surface area contributed by atoms with Gasteiger partial charge in [-0.15, -0.1) is 0 Å². The topological polar surface area (TPSA) is 80.1 Å². The Labute approximate surface area is 112 Å². The Morgan fingerprint density at radius 3 is 2.89 bits per heavy atom. The highest BCUT2D eigenvalue weighted by atomic mass is 16.5. The average molecular weight is 261 g/mol. The summed E-state index contributed by atoms with van der Waals surface area (Å²) >= 11 is 0. The second kappa shape index (κ2) is 5.32. The molecule has 1 aromatic heterocycles. The number of fused-ring (bicyclic) bond motifs is 1. The molecule has 4 N–H and O–H groups in total. The van der Waals surface area contributed by atoms with E-state index in [1.54, 1.807) is 7.11 Å². The van der Waals surface area contributed by atoms with Crippen LogP contribution in [0.25, 0.3) is 10.9 Å². The van der Waals surface area contributed by atoms with Crippen molar-refractivity contribution in [2.24, 2.45) is 5.73 Å². The summed E-state index contributed by atoms with van der Waals surface area (Å²) in [6, 6.07) is 5.55. The molecule has 1 heterocycles. The van der Waals surface area contributed by atoms with Crippen LogP contribution in [0, 0.1) is 6.92 Å². The van der Waals surface area contributed by atoms with Crippen molar-refractivity contribution in [3.05, 3.63) is 29.5 Å². The van der Waals surface area contributed by atoms with Crippen molar-refractivity contribution in [1.82, 2.24) is 10.3 Å². The Morgan fingerprint density at radius 1 is 1.53 bits per heavy atom. The third-order valence-corrected chi connectivity index (χ3v) is 3.00. The third kappa shape index (κ3) is 2.71. The minimum atomic E-state index is -0.105. The lowest BCUT2D eigenvalue weighted by Crippen LogP contribution is -2.35. The summed E-state index contributed by atoms with van der Waals surface area (Å²) in [7, 11) is 1.62. The summed E-state index contributed by atoms with van der Waals surface area (Å²) in [5, 5.41) is 3.72. The van der Waals surface area contributed by atoms with Gasteiger partial charge in [-0.2, -0.15) is 0 Å². The van der Waals surface area contributed by atoms with Crippen LogP contribution >= 0.6 is 0 Å². The molecule has 19 heavy (non-hydrogen) atoms. The fraction of sp³-hybridized carbons (Fsp3) is 0.357. The highest BCUT2D eigenvalue weighted by Crippen LogP contribution is 2.25. The molecule has 5 heteroatoms. The first kappa shape index (κ1) is 13.4. The van der Waals surface area contributed by atoms with Crippen molar-refractivity contribution in [2.75, 3.05) is 13.7 Å². The van der Waals surface area contributed by atoms with E-state index in [2.05, 4.69) is 10.3 Å². The van der Waals surface area contributed by atoms with E-state index >= 15 is 0 Å². The first-order valence-electron chi connectivity index (χ1n) is 6.23. The number of benzene rings is 1. The van der Waals surface area contributed by atoms with Crippen LogP contribution < -0.4 is 15.8 Å². The zero-order valence-electron chi connectivity index (χ0n) is 11.4. The fourth-order valence-electron chi connectivity index (χ4n) is 2.07. The fourth-order valence-corrected chi connectivity index (χ4v) is 2.07. The number of ether oxygens (including phenoxy) is 1. The first-order valence-corrected chi connectivity index (χ1v) is 6.23. The smallest absolute Gasteiger partial charge is 0.253 e. The predicted octanol–water partition coefficient (Wildman–Crippen LogP) is 1.56. The van der Waals surface area contributed by atoms with Crippen LogP contribution in [-0.4, -0.2) is 30.6 Å². The van der Waals surface area contributed by atoms with E-state index in [0.29, 0.717) is 12.1 Å². The van der Waals surface area contributed by atoms with Crippen LogP contribution in [-0.2, 0) is 0 Å². The summed E-state index contributed by atoms with van der Waals surface area (Å²) in [5.41, 5.74) is 8.04. The number of hydrogen-bond donors (Lipinski definition) is 3. The molecule has 0 fully saturated rings. The van der Waals surface area contributed by atoms with Crippen molar-refractivity contribution in [1.29, 1.82) is 0 Å². The second-order valence-corrected chi connectivity index (χ2v) is 4.72. The molecule has 1 aromatic carbocycles. The maximum atomic E-state index is 12.2. The van der Waals surface area contributed by atoms with Crippen LogP contribution in [0.4, 0.5) is 0 Å². The van der Waals surface area contributed by atoms with Crippen LogP contribution in [0.1, 0.15) is 23.0 Å². The molecule has 2 aromatic rings. The van der Waals surface area contributed by atoms with Crippen molar-refractivity contribution in [2.45, 2.75) is 19.9 Å². The van der Waals surface area contributed by atoms with E-state index in [0.717, 1.165) is 22.3 Å². The number of nitrogens with two attached hydrogens (primary N) is 1. The minimum absolute atomic E-state index is 0.0606. The van der Waals surface area contributed by atoms with E-state index in [1.165, 1.54) is 0 Å². The SMILES string of the molecule is COc1ccc2c(C(=O)NCC(C)N)c(C)[nH]c2c1. The lowest BCUT2D eigenvalue weighted by molar-refractivity contribution is 0.0953. The van der Waals surface area contributed by atoms with Gasteiger partial charge in [-0.1, -0.05) is 0 Å². The average Bonchev–Trinajstić information content (AvgIpc) is 2.70. The van der Waals surface area contributed by atoms with Crippen molar-refractivity contribution in [3.8, 4) is 5.75 Å². The minimum Gasteiger partial charge on any atom is -0.497 e. The predicted molar refractivity (Wildman–Crippen MR) is 75.6 cm³/mol. The lowest BCUT2D eigenvalue weighted by atomic mass is 10.1. The number of hydrogen-bond acceptors (Lipinski definition) is 3. The zero-order valence-corrected chi connectivity index (χ0v) is 11.4. The molecule has 102 valence electrons. The number of methoxy groups -OCH3 is 1. The van der Waals surface area contributed by atoms with Gasteiger partial charge in [0.1, 0.15) is 5.75 Å². The highest BCUT2D eigenvalue weighted by Gasteiger charge is 2.16. The molecule has 1 amide bonds. The van der Waals surface area contributed by atoms with Gasteiger partial charge in [-0.05, 0) is 26.0 Å². The molecule has 0 saturated heterocycles. The maximum absolute atomic E-state index is 12.2. The number of carbonyl (C=O) groups excluding carboxylic acids is 1. The molecule has 0 saturated carbocycles. The largest absolute Gasteiger partial charge is 0.497 e. The van der Waals surface area contributed by atoms with Crippen molar-refractivity contribution in [3.63, 3.8) is 0 Å². The number of H-pyrrole nitrogens is 1. The Hall–Kier alpha value is -2.01. The Balaban J connectivity index is 2.37. The van der Waals surface area contributed by atoms with E-state index in [9.17, 15) is 4.79 Å². The molecule has 0 spiro atoms. The van der Waals surface area contributed by atoms with Crippen molar-refractivity contribution >= 4 is 16.8 Å². The van der Waals surface area contributed by atoms with Crippen LogP contribution in [0.15, 0.2) is 18.2 Å². The molecule has 0 aliphatic rings. The van der Waals surface area contributed by atoms with Crippen molar-refractivity contribution < 1.29 is 9.53 Å². The lowest BCUT2D eigenvalue weighted by Gasteiger charge is -2.08. The number of rotatable bonds is 4. The summed E-state index contributed by atoms with van der Waals surface area (Å²) in [4.78, 5) is 15.4. The summed E-state index contributed by atoms with van der Waals surface area (Å²) in [6.07, 6.45) is 0. The quantitative estimate of drug-likeness (QED) is 0.781. The monoisotopic (exact) mass is 261 g/mol. The van der Waals surface area contributed by atoms with E-state index in [1.807, 2.05) is 32.0 Å². The van der Waals surface area contributed by atoms with Gasteiger partial charge >= 0.3 is 0 Å². The van der Waals surface area contributed by atoms with Gasteiger partial charge in [-0.25, -0.2) is 0 Å². The maximum Gasteiger partial charge on any atom is 0.253 e. The normalized spacial score (nSPS) is 12.4. The van der Waals surface area contributed by atoms with Gasteiger partial charge in [0.2, 0.25) is 0 Å². The molecule has 2 rings (SSSR count). The van der Waals surface area contributed by atoms with Gasteiger partial charge < -0.3 is 20.8 Å². The molecule has 0 aliphatic heterocycles.